The second-order valence-corrected chi connectivity index (χ2v) is 6.77. The molecule has 0 bridgehead atoms. The van der Waals surface area contributed by atoms with Crippen LogP contribution in [0.25, 0.3) is 0 Å². The standard InChI is InChI=1S/C15H17BrClN3/c1-10-14(16)13(20(2)19-10)7-15(8-18-9-15)11-4-3-5-12(17)6-11/h3-6,18H,7-9H2,1-2H3. The molecule has 5 heteroatoms. The molecule has 1 aliphatic heterocycles. The quantitative estimate of drug-likeness (QED) is 0.917. The number of hydrogen-bond donors (Lipinski definition) is 1. The van der Waals surface area contributed by atoms with Gasteiger partial charge in [-0.15, -0.1) is 0 Å². The lowest BCUT2D eigenvalue weighted by Crippen LogP contribution is -2.58. The van der Waals surface area contributed by atoms with Crippen LogP contribution in [0.4, 0.5) is 0 Å². The van der Waals surface area contributed by atoms with Crippen LogP contribution in [-0.4, -0.2) is 22.9 Å². The van der Waals surface area contributed by atoms with Gasteiger partial charge in [-0.05, 0) is 40.5 Å². The Kier molecular flexibility index (Phi) is 3.65. The molecule has 1 aromatic carbocycles. The van der Waals surface area contributed by atoms with Crippen LogP contribution in [0.5, 0.6) is 0 Å². The molecule has 1 saturated heterocycles. The van der Waals surface area contributed by atoms with Crippen LogP contribution >= 0.6 is 27.5 Å². The van der Waals surface area contributed by atoms with Gasteiger partial charge in [-0.1, -0.05) is 23.7 Å². The van der Waals surface area contributed by atoms with Gasteiger partial charge in [0.2, 0.25) is 0 Å². The SMILES string of the molecule is Cc1nn(C)c(CC2(c3cccc(Cl)c3)CNC2)c1Br. The minimum Gasteiger partial charge on any atom is -0.315 e. The van der Waals surface area contributed by atoms with E-state index in [1.807, 2.05) is 30.8 Å². The first kappa shape index (κ1) is 14.1. The van der Waals surface area contributed by atoms with Gasteiger partial charge >= 0.3 is 0 Å². The summed E-state index contributed by atoms with van der Waals surface area (Å²) in [6, 6.07) is 8.21. The molecule has 0 atom stereocenters. The first-order valence-corrected chi connectivity index (χ1v) is 7.84. The summed E-state index contributed by atoms with van der Waals surface area (Å²) in [5, 5.41) is 8.69. The zero-order chi connectivity index (χ0) is 14.3. The normalized spacial score (nSPS) is 17.0. The van der Waals surface area contributed by atoms with Gasteiger partial charge in [-0.3, -0.25) is 4.68 Å². The summed E-state index contributed by atoms with van der Waals surface area (Å²) in [5.41, 5.74) is 3.70. The number of nitrogens with one attached hydrogen (secondary N) is 1. The lowest BCUT2D eigenvalue weighted by atomic mass is 9.72. The fourth-order valence-corrected chi connectivity index (χ4v) is 3.54. The maximum atomic E-state index is 6.15. The van der Waals surface area contributed by atoms with E-state index in [0.717, 1.165) is 34.7 Å². The van der Waals surface area contributed by atoms with E-state index in [2.05, 4.69) is 38.5 Å². The maximum absolute atomic E-state index is 6.15. The Labute approximate surface area is 132 Å². The van der Waals surface area contributed by atoms with Gasteiger partial charge in [-0.25, -0.2) is 0 Å². The Hall–Kier alpha value is -0.840. The van der Waals surface area contributed by atoms with E-state index < -0.39 is 0 Å². The molecule has 0 spiro atoms. The fraction of sp³-hybridized carbons (Fsp3) is 0.400. The average molecular weight is 355 g/mol. The second kappa shape index (κ2) is 5.17. The van der Waals surface area contributed by atoms with Gasteiger partial charge in [0.05, 0.1) is 15.9 Å². The minimum absolute atomic E-state index is 0.119. The van der Waals surface area contributed by atoms with Gasteiger partial charge in [0, 0.05) is 37.0 Å². The smallest absolute Gasteiger partial charge is 0.0738 e. The Morgan fingerprint density at radius 1 is 1.45 bits per heavy atom. The third-order valence-electron chi connectivity index (χ3n) is 4.13. The lowest BCUT2D eigenvalue weighted by molar-refractivity contribution is 0.269. The highest BCUT2D eigenvalue weighted by atomic mass is 79.9. The molecular formula is C15H17BrClN3. The number of aryl methyl sites for hydroxylation is 2. The number of aromatic nitrogens is 2. The number of hydrogen-bond acceptors (Lipinski definition) is 2. The van der Waals surface area contributed by atoms with Crippen molar-refractivity contribution in [1.29, 1.82) is 0 Å². The third kappa shape index (κ3) is 2.30. The lowest BCUT2D eigenvalue weighted by Gasteiger charge is -2.43. The molecule has 1 aliphatic rings. The molecule has 20 heavy (non-hydrogen) atoms. The Morgan fingerprint density at radius 2 is 2.20 bits per heavy atom. The molecule has 3 rings (SSSR count). The first-order valence-electron chi connectivity index (χ1n) is 6.67. The van der Waals surface area contributed by atoms with Crippen molar-refractivity contribution in [2.45, 2.75) is 18.8 Å². The number of benzene rings is 1. The van der Waals surface area contributed by atoms with Crippen molar-refractivity contribution in [2.75, 3.05) is 13.1 Å². The van der Waals surface area contributed by atoms with Crippen molar-refractivity contribution in [1.82, 2.24) is 15.1 Å². The summed E-state index contributed by atoms with van der Waals surface area (Å²) < 4.78 is 3.10. The molecule has 2 heterocycles. The minimum atomic E-state index is 0.119. The average Bonchev–Trinajstić information content (AvgIpc) is 2.59. The summed E-state index contributed by atoms with van der Waals surface area (Å²) in [5.74, 6) is 0. The number of nitrogens with zero attached hydrogens (tertiary/aromatic N) is 2. The first-order chi connectivity index (χ1) is 9.52. The van der Waals surface area contributed by atoms with Gasteiger partial charge in [0.1, 0.15) is 0 Å². The van der Waals surface area contributed by atoms with E-state index >= 15 is 0 Å². The van der Waals surface area contributed by atoms with E-state index in [0.29, 0.717) is 0 Å². The summed E-state index contributed by atoms with van der Waals surface area (Å²) in [6.45, 7) is 3.98. The predicted octanol–water partition coefficient (Wildman–Crippen LogP) is 3.23. The van der Waals surface area contributed by atoms with Crippen molar-refractivity contribution in [3.8, 4) is 0 Å². The highest BCUT2D eigenvalue weighted by molar-refractivity contribution is 9.10. The zero-order valence-corrected chi connectivity index (χ0v) is 13.9. The molecule has 0 amide bonds. The van der Waals surface area contributed by atoms with Crippen LogP contribution in [0.1, 0.15) is 17.0 Å². The van der Waals surface area contributed by atoms with Crippen molar-refractivity contribution in [2.24, 2.45) is 7.05 Å². The monoisotopic (exact) mass is 353 g/mol. The van der Waals surface area contributed by atoms with Crippen LogP contribution in [-0.2, 0) is 18.9 Å². The second-order valence-electron chi connectivity index (χ2n) is 5.54. The van der Waals surface area contributed by atoms with Crippen molar-refractivity contribution >= 4 is 27.5 Å². The highest BCUT2D eigenvalue weighted by Crippen LogP contribution is 2.36. The molecular weight excluding hydrogens is 338 g/mol. The molecule has 3 nitrogen and oxygen atoms in total. The van der Waals surface area contributed by atoms with E-state index in [9.17, 15) is 0 Å². The molecule has 0 unspecified atom stereocenters. The summed E-state index contributed by atoms with van der Waals surface area (Å²) in [4.78, 5) is 0. The van der Waals surface area contributed by atoms with Gasteiger partial charge in [-0.2, -0.15) is 5.10 Å². The number of halogens is 2. The maximum Gasteiger partial charge on any atom is 0.0738 e. The van der Waals surface area contributed by atoms with Gasteiger partial charge in [0.15, 0.2) is 0 Å². The molecule has 1 N–H and O–H groups in total. The zero-order valence-electron chi connectivity index (χ0n) is 11.6. The molecule has 1 aromatic heterocycles. The summed E-state index contributed by atoms with van der Waals surface area (Å²) in [7, 11) is 2.00. The van der Waals surface area contributed by atoms with Gasteiger partial charge < -0.3 is 5.32 Å². The predicted molar refractivity (Wildman–Crippen MR) is 85.3 cm³/mol. The molecule has 0 saturated carbocycles. The third-order valence-corrected chi connectivity index (χ3v) is 5.40. The number of rotatable bonds is 3. The fourth-order valence-electron chi connectivity index (χ4n) is 2.87. The van der Waals surface area contributed by atoms with Crippen molar-refractivity contribution < 1.29 is 0 Å². The van der Waals surface area contributed by atoms with Crippen LogP contribution in [0.3, 0.4) is 0 Å². The molecule has 0 aliphatic carbocycles. The summed E-state index contributed by atoms with van der Waals surface area (Å²) >= 11 is 9.82. The Balaban J connectivity index is 1.98. The van der Waals surface area contributed by atoms with Crippen molar-refractivity contribution in [3.05, 3.63) is 50.7 Å². The topological polar surface area (TPSA) is 29.9 Å². The molecule has 0 radical (unpaired) electrons. The van der Waals surface area contributed by atoms with Crippen LogP contribution in [0.2, 0.25) is 5.02 Å². The van der Waals surface area contributed by atoms with E-state index in [1.54, 1.807) is 0 Å². The van der Waals surface area contributed by atoms with E-state index in [-0.39, 0.29) is 5.41 Å². The summed E-state index contributed by atoms with van der Waals surface area (Å²) in [6.07, 6.45) is 0.957. The molecule has 1 fully saturated rings. The van der Waals surface area contributed by atoms with Crippen LogP contribution in [0, 0.1) is 6.92 Å². The Morgan fingerprint density at radius 3 is 2.70 bits per heavy atom. The molecule has 2 aromatic rings. The van der Waals surface area contributed by atoms with E-state index in [4.69, 9.17) is 11.6 Å². The molecule has 106 valence electrons. The Bertz CT molecular complexity index is 647. The van der Waals surface area contributed by atoms with Gasteiger partial charge in [0.25, 0.3) is 0 Å². The van der Waals surface area contributed by atoms with Crippen LogP contribution in [0.15, 0.2) is 28.7 Å². The van der Waals surface area contributed by atoms with E-state index in [1.165, 1.54) is 11.3 Å². The highest BCUT2D eigenvalue weighted by Gasteiger charge is 2.40. The van der Waals surface area contributed by atoms with Crippen LogP contribution < -0.4 is 5.32 Å². The largest absolute Gasteiger partial charge is 0.315 e. The van der Waals surface area contributed by atoms with Crippen molar-refractivity contribution in [3.63, 3.8) is 0 Å².